The highest BCUT2D eigenvalue weighted by Crippen LogP contribution is 2.15. The van der Waals surface area contributed by atoms with E-state index in [4.69, 9.17) is 34.8 Å². The van der Waals surface area contributed by atoms with Crippen LogP contribution in [0.2, 0.25) is 10.4 Å². The van der Waals surface area contributed by atoms with Crippen molar-refractivity contribution < 1.29 is 8.42 Å². The number of nitrogens with one attached hydrogen (secondary N) is 1. The number of anilines is 1. The van der Waals surface area contributed by atoms with E-state index in [-0.39, 0.29) is 16.3 Å². The van der Waals surface area contributed by atoms with Gasteiger partial charge in [-0.1, -0.05) is 11.6 Å². The number of aromatic nitrogens is 2. The molecule has 5 nitrogen and oxygen atoms in total. The van der Waals surface area contributed by atoms with Crippen molar-refractivity contribution in [1.29, 1.82) is 0 Å². The Morgan fingerprint density at radius 1 is 1.36 bits per heavy atom. The summed E-state index contributed by atoms with van der Waals surface area (Å²) in [6.45, 7) is 0. The summed E-state index contributed by atoms with van der Waals surface area (Å²) in [5.74, 6) is -0.0179. The summed E-state index contributed by atoms with van der Waals surface area (Å²) in [4.78, 5) is 7.13. The molecule has 9 heteroatoms. The lowest BCUT2D eigenvalue weighted by Gasteiger charge is -2.03. The van der Waals surface area contributed by atoms with E-state index in [0.29, 0.717) is 0 Å². The second-order valence-corrected chi connectivity index (χ2v) is 5.20. The Morgan fingerprint density at radius 2 is 2.00 bits per heavy atom. The predicted molar refractivity (Wildman–Crippen MR) is 55.3 cm³/mol. The SMILES string of the molecule is O=S(=O)(CCl)Nc1cc(Cl)nc(Cl)n1. The lowest BCUT2D eigenvalue weighted by Crippen LogP contribution is -2.14. The molecule has 0 amide bonds. The van der Waals surface area contributed by atoms with Crippen LogP contribution in [0.3, 0.4) is 0 Å². The molecule has 0 radical (unpaired) electrons. The monoisotopic (exact) mass is 275 g/mol. The summed E-state index contributed by atoms with van der Waals surface area (Å²) in [5.41, 5.74) is 0. The van der Waals surface area contributed by atoms with Crippen molar-refractivity contribution in [2.75, 3.05) is 9.93 Å². The number of alkyl halides is 1. The van der Waals surface area contributed by atoms with Gasteiger partial charge in [0.1, 0.15) is 16.2 Å². The quantitative estimate of drug-likeness (QED) is 0.518. The summed E-state index contributed by atoms with van der Waals surface area (Å²) in [6.07, 6.45) is 0. The van der Waals surface area contributed by atoms with Gasteiger partial charge in [-0.3, -0.25) is 4.72 Å². The van der Waals surface area contributed by atoms with Crippen molar-refractivity contribution in [3.8, 4) is 0 Å². The van der Waals surface area contributed by atoms with E-state index in [1.54, 1.807) is 0 Å². The Morgan fingerprint density at radius 3 is 2.50 bits per heavy atom. The number of nitrogens with zero attached hydrogens (tertiary/aromatic N) is 2. The molecular formula is C5H4Cl3N3O2S. The smallest absolute Gasteiger partial charge is 0.247 e. The Labute approximate surface area is 95.5 Å². The minimum Gasteiger partial charge on any atom is -0.266 e. The van der Waals surface area contributed by atoms with E-state index < -0.39 is 15.2 Å². The normalized spacial score (nSPS) is 11.4. The number of hydrogen-bond donors (Lipinski definition) is 1. The van der Waals surface area contributed by atoms with E-state index >= 15 is 0 Å². The first-order chi connectivity index (χ1) is 6.43. The molecule has 1 aromatic rings. The van der Waals surface area contributed by atoms with Crippen molar-refractivity contribution >= 4 is 50.6 Å². The second-order valence-electron chi connectivity index (χ2n) is 2.17. The maximum absolute atomic E-state index is 11.0. The van der Waals surface area contributed by atoms with Gasteiger partial charge in [0.05, 0.1) is 0 Å². The van der Waals surface area contributed by atoms with Crippen LogP contribution in [0.1, 0.15) is 0 Å². The molecule has 0 bridgehead atoms. The van der Waals surface area contributed by atoms with Crippen LogP contribution >= 0.6 is 34.8 Å². The molecule has 0 aliphatic carbocycles. The summed E-state index contributed by atoms with van der Waals surface area (Å²) < 4.78 is 24.1. The van der Waals surface area contributed by atoms with Crippen LogP contribution in [-0.2, 0) is 10.0 Å². The average Bonchev–Trinajstić information content (AvgIpc) is 2.01. The van der Waals surface area contributed by atoms with Crippen LogP contribution in [-0.4, -0.2) is 23.6 Å². The number of rotatable bonds is 3. The Kier molecular flexibility index (Phi) is 3.77. The van der Waals surface area contributed by atoms with Gasteiger partial charge < -0.3 is 0 Å². The van der Waals surface area contributed by atoms with E-state index in [1.807, 2.05) is 0 Å². The topological polar surface area (TPSA) is 72.0 Å². The third kappa shape index (κ3) is 3.45. The summed E-state index contributed by atoms with van der Waals surface area (Å²) in [5, 5.41) is -0.686. The Bertz CT molecular complexity index is 416. The van der Waals surface area contributed by atoms with Crippen molar-refractivity contribution in [3.63, 3.8) is 0 Å². The molecule has 1 rings (SSSR count). The van der Waals surface area contributed by atoms with Gasteiger partial charge in [-0.15, -0.1) is 11.6 Å². The molecule has 0 spiro atoms. The first-order valence-electron chi connectivity index (χ1n) is 3.19. The zero-order valence-electron chi connectivity index (χ0n) is 6.54. The summed E-state index contributed by atoms with van der Waals surface area (Å²) >= 11 is 16.1. The van der Waals surface area contributed by atoms with Crippen LogP contribution < -0.4 is 4.72 Å². The largest absolute Gasteiger partial charge is 0.266 e. The number of halogens is 3. The maximum Gasteiger partial charge on any atom is 0.247 e. The standard InChI is InChI=1S/C5H4Cl3N3O2S/c6-2-14(12,13)11-4-1-3(7)9-5(8)10-4/h1H,2H2,(H,9,10,11). The van der Waals surface area contributed by atoms with Gasteiger partial charge >= 0.3 is 0 Å². The molecule has 0 aromatic carbocycles. The minimum absolute atomic E-state index is 0.0179. The fourth-order valence-corrected chi connectivity index (χ4v) is 1.68. The molecule has 78 valence electrons. The van der Waals surface area contributed by atoms with Gasteiger partial charge in [-0.2, -0.15) is 4.98 Å². The Balaban J connectivity index is 2.98. The van der Waals surface area contributed by atoms with E-state index in [0.717, 1.165) is 0 Å². The number of sulfonamides is 1. The summed E-state index contributed by atoms with van der Waals surface area (Å²) in [6, 6.07) is 1.22. The lowest BCUT2D eigenvalue weighted by molar-refractivity contribution is 0.605. The van der Waals surface area contributed by atoms with E-state index in [1.165, 1.54) is 6.07 Å². The summed E-state index contributed by atoms with van der Waals surface area (Å²) in [7, 11) is -3.60. The zero-order chi connectivity index (χ0) is 10.8. The molecule has 1 N–H and O–H groups in total. The average molecular weight is 277 g/mol. The number of hydrogen-bond acceptors (Lipinski definition) is 4. The van der Waals surface area contributed by atoms with Gasteiger partial charge in [0.15, 0.2) is 0 Å². The third-order valence-corrected chi connectivity index (χ3v) is 3.10. The van der Waals surface area contributed by atoms with Crippen LogP contribution in [0, 0.1) is 0 Å². The molecule has 0 aliphatic rings. The van der Waals surface area contributed by atoms with Crippen LogP contribution in [0.25, 0.3) is 0 Å². The van der Waals surface area contributed by atoms with Crippen molar-refractivity contribution in [3.05, 3.63) is 16.5 Å². The van der Waals surface area contributed by atoms with Crippen LogP contribution in [0.4, 0.5) is 5.82 Å². The predicted octanol–water partition coefficient (Wildman–Crippen LogP) is 1.72. The van der Waals surface area contributed by atoms with Crippen LogP contribution in [0.5, 0.6) is 0 Å². The molecule has 1 aromatic heterocycles. The Hall–Kier alpha value is -0.300. The second kappa shape index (κ2) is 4.48. The highest BCUT2D eigenvalue weighted by molar-refractivity contribution is 7.93. The van der Waals surface area contributed by atoms with Crippen molar-refractivity contribution in [2.45, 2.75) is 0 Å². The lowest BCUT2D eigenvalue weighted by atomic mass is 10.6. The van der Waals surface area contributed by atoms with E-state index in [9.17, 15) is 8.42 Å². The highest BCUT2D eigenvalue weighted by Gasteiger charge is 2.10. The van der Waals surface area contributed by atoms with Gasteiger partial charge in [0, 0.05) is 6.07 Å². The molecule has 0 fully saturated rings. The van der Waals surface area contributed by atoms with Crippen molar-refractivity contribution in [2.24, 2.45) is 0 Å². The molecule has 0 atom stereocenters. The van der Waals surface area contributed by atoms with Gasteiger partial charge in [-0.25, -0.2) is 13.4 Å². The van der Waals surface area contributed by atoms with Gasteiger partial charge in [0.2, 0.25) is 15.3 Å². The molecule has 0 saturated carbocycles. The molecule has 14 heavy (non-hydrogen) atoms. The zero-order valence-corrected chi connectivity index (χ0v) is 9.62. The molecule has 0 unspecified atom stereocenters. The highest BCUT2D eigenvalue weighted by atomic mass is 35.5. The fraction of sp³-hybridized carbons (Fsp3) is 0.200. The van der Waals surface area contributed by atoms with Gasteiger partial charge in [-0.05, 0) is 11.6 Å². The molecule has 0 saturated heterocycles. The maximum atomic E-state index is 11.0. The van der Waals surface area contributed by atoms with Crippen LogP contribution in [0.15, 0.2) is 6.07 Å². The molecular weight excluding hydrogens is 272 g/mol. The third-order valence-electron chi connectivity index (χ3n) is 1.07. The van der Waals surface area contributed by atoms with Gasteiger partial charge in [0.25, 0.3) is 0 Å². The van der Waals surface area contributed by atoms with Crippen molar-refractivity contribution in [1.82, 2.24) is 9.97 Å². The van der Waals surface area contributed by atoms with E-state index in [2.05, 4.69) is 14.7 Å². The first-order valence-corrected chi connectivity index (χ1v) is 6.14. The minimum atomic E-state index is -3.60. The molecule has 0 aliphatic heterocycles. The fourth-order valence-electron chi connectivity index (χ4n) is 0.629. The first kappa shape index (κ1) is 11.8. The molecule has 1 heterocycles.